The van der Waals surface area contributed by atoms with E-state index in [2.05, 4.69) is 16.0 Å². The molecule has 3 aliphatic rings. The Labute approximate surface area is 282 Å². The number of hydrogen-bond donors (Lipinski definition) is 4. The van der Waals surface area contributed by atoms with Crippen molar-refractivity contribution in [3.63, 3.8) is 0 Å². The quantitative estimate of drug-likeness (QED) is 0.226. The number of nitrogens with two attached hydrogens (primary N) is 1. The molecule has 1 aromatic rings. The minimum Gasteiger partial charge on any atom is -0.369 e. The van der Waals surface area contributed by atoms with Crippen LogP contribution in [0, 0.1) is 34.0 Å². The molecule has 0 bridgehead atoms. The predicted molar refractivity (Wildman–Crippen MR) is 182 cm³/mol. The standard InChI is InChI=1S/C35H54N6O7/c1-11-18-23(27(44)25(18)42)40(10)16-21(33(2,3)4)38-32(48)39-28(34(5,6)7)31(47)41-15-19-22(35(19,8)9)24(41)30(46)37-20(14-17-12-13-17)26(43)29(36)45/h17,19-22,24,28H,11-16H2,1-10H3,(H2,36,45)(H,37,46)(H2,38,39,48)/t19-,20?,21+,22-,24-,28+/m0/s1. The summed E-state index contributed by atoms with van der Waals surface area (Å²) in [7, 11) is 1.72. The van der Waals surface area contributed by atoms with Gasteiger partial charge in [0.05, 0.1) is 17.8 Å². The van der Waals surface area contributed by atoms with Crippen molar-refractivity contribution in [2.24, 2.45) is 39.7 Å². The highest BCUT2D eigenvalue weighted by molar-refractivity contribution is 6.37. The Bertz CT molecular complexity index is 1540. The molecule has 1 heterocycles. The average molecular weight is 671 g/mol. The van der Waals surface area contributed by atoms with E-state index in [-0.39, 0.29) is 29.7 Å². The first-order valence-electron chi connectivity index (χ1n) is 17.1. The number of carbonyl (C=O) groups is 5. The second kappa shape index (κ2) is 12.9. The van der Waals surface area contributed by atoms with Gasteiger partial charge in [0.2, 0.25) is 28.5 Å². The number of primary amides is 1. The predicted octanol–water partition coefficient (Wildman–Crippen LogP) is 1.23. The van der Waals surface area contributed by atoms with Crippen LogP contribution in [0.2, 0.25) is 0 Å². The Kier molecular flexibility index (Phi) is 9.98. The summed E-state index contributed by atoms with van der Waals surface area (Å²) in [4.78, 5) is 93.9. The molecule has 1 saturated heterocycles. The van der Waals surface area contributed by atoms with Crippen LogP contribution in [0.1, 0.15) is 87.1 Å². The summed E-state index contributed by atoms with van der Waals surface area (Å²) in [6, 6.07) is -4.00. The van der Waals surface area contributed by atoms with Crippen molar-refractivity contribution in [3.8, 4) is 0 Å². The van der Waals surface area contributed by atoms with Crippen molar-refractivity contribution < 1.29 is 24.0 Å². The van der Waals surface area contributed by atoms with Crippen LogP contribution in [0.25, 0.3) is 0 Å². The number of anilines is 1. The topological polar surface area (TPSA) is 188 Å². The normalized spacial score (nSPS) is 23.5. The van der Waals surface area contributed by atoms with Gasteiger partial charge in [-0.25, -0.2) is 4.79 Å². The summed E-state index contributed by atoms with van der Waals surface area (Å²) in [5.74, 6) is -2.73. The van der Waals surface area contributed by atoms with Crippen molar-refractivity contribution >= 4 is 35.2 Å². The third kappa shape index (κ3) is 7.29. The maximum Gasteiger partial charge on any atom is 0.315 e. The first kappa shape index (κ1) is 37.1. The van der Waals surface area contributed by atoms with Crippen LogP contribution < -0.4 is 37.4 Å². The van der Waals surface area contributed by atoms with E-state index in [4.69, 9.17) is 5.73 Å². The second-order valence-corrected chi connectivity index (χ2v) is 16.9. The minimum absolute atomic E-state index is 0.0598. The van der Waals surface area contributed by atoms with Crippen LogP contribution in [0.4, 0.5) is 10.5 Å². The van der Waals surface area contributed by atoms with Crippen molar-refractivity contribution in [2.75, 3.05) is 25.0 Å². The van der Waals surface area contributed by atoms with E-state index in [0.29, 0.717) is 30.6 Å². The van der Waals surface area contributed by atoms with Gasteiger partial charge in [0.15, 0.2) is 0 Å². The SMILES string of the molecule is CCc1c(N(C)C[C@@H](NC(=O)N[C@H](C(=O)N2C[C@H]3[C@@H]([C@H]2C(=O)NC(CC2CC2)C(=O)C(N)=O)C3(C)C)C(C)(C)C)C(C)(C)C)c(=O)c1=O. The summed E-state index contributed by atoms with van der Waals surface area (Å²) >= 11 is 0. The van der Waals surface area contributed by atoms with E-state index in [1.54, 1.807) is 11.9 Å². The lowest BCUT2D eigenvalue weighted by atomic mass is 9.84. The zero-order chi connectivity index (χ0) is 36.3. The number of hydrogen-bond acceptors (Lipinski definition) is 8. The number of Topliss-reactive ketones (excluding diaryl/α,β-unsaturated/α-hetero) is 1. The van der Waals surface area contributed by atoms with E-state index in [1.807, 2.05) is 62.3 Å². The molecule has 48 heavy (non-hydrogen) atoms. The van der Waals surface area contributed by atoms with Crippen molar-refractivity contribution in [2.45, 2.75) is 112 Å². The molecular formula is C35H54N6O7. The van der Waals surface area contributed by atoms with E-state index in [9.17, 15) is 33.6 Å². The molecule has 6 atom stereocenters. The number of carbonyl (C=O) groups excluding carboxylic acids is 5. The monoisotopic (exact) mass is 670 g/mol. The van der Waals surface area contributed by atoms with Gasteiger partial charge in [-0.05, 0) is 46.8 Å². The molecule has 0 spiro atoms. The fourth-order valence-corrected chi connectivity index (χ4v) is 7.37. The number of likely N-dealkylation sites (N-methyl/N-ethyl adjacent to an activating group) is 1. The summed E-state index contributed by atoms with van der Waals surface area (Å²) in [6.07, 6.45) is 2.58. The first-order chi connectivity index (χ1) is 22.0. The van der Waals surface area contributed by atoms with Crippen LogP contribution >= 0.6 is 0 Å². The zero-order valence-corrected chi connectivity index (χ0v) is 30.1. The van der Waals surface area contributed by atoms with E-state index < -0.39 is 75.4 Å². The number of ketones is 1. The highest BCUT2D eigenvalue weighted by atomic mass is 16.2. The summed E-state index contributed by atoms with van der Waals surface area (Å²) in [5.41, 5.74) is 3.72. The summed E-state index contributed by atoms with van der Waals surface area (Å²) < 4.78 is 0. The van der Waals surface area contributed by atoms with E-state index in [1.165, 1.54) is 4.90 Å². The Morgan fingerprint density at radius 2 is 1.56 bits per heavy atom. The van der Waals surface area contributed by atoms with Crippen molar-refractivity contribution in [3.05, 3.63) is 26.0 Å². The highest BCUT2D eigenvalue weighted by Gasteiger charge is 2.70. The van der Waals surface area contributed by atoms with Gasteiger partial charge in [0.1, 0.15) is 12.1 Å². The fourth-order valence-electron chi connectivity index (χ4n) is 7.37. The number of fused-ring (bicyclic) bond motifs is 1. The number of rotatable bonds is 13. The molecule has 5 N–H and O–H groups in total. The molecule has 13 nitrogen and oxygen atoms in total. The van der Waals surface area contributed by atoms with Crippen molar-refractivity contribution in [1.82, 2.24) is 20.9 Å². The molecular weight excluding hydrogens is 616 g/mol. The van der Waals surface area contributed by atoms with Crippen LogP contribution in [0.3, 0.4) is 0 Å². The smallest absolute Gasteiger partial charge is 0.315 e. The van der Waals surface area contributed by atoms with Crippen LogP contribution in [-0.2, 0) is 25.6 Å². The van der Waals surface area contributed by atoms with Gasteiger partial charge >= 0.3 is 6.03 Å². The molecule has 1 unspecified atom stereocenters. The highest BCUT2D eigenvalue weighted by Crippen LogP contribution is 2.65. The molecule has 266 valence electrons. The lowest BCUT2D eigenvalue weighted by molar-refractivity contribution is -0.145. The number of piperidine rings is 1. The van der Waals surface area contributed by atoms with Gasteiger partial charge < -0.3 is 31.5 Å². The number of urea groups is 1. The maximum absolute atomic E-state index is 14.3. The number of likely N-dealkylation sites (tertiary alicyclic amines) is 1. The van der Waals surface area contributed by atoms with Gasteiger partial charge in [-0.15, -0.1) is 0 Å². The molecule has 0 aromatic heterocycles. The molecule has 1 aliphatic heterocycles. The van der Waals surface area contributed by atoms with Crippen LogP contribution in [-0.4, -0.2) is 78.7 Å². The van der Waals surface area contributed by atoms with Gasteiger partial charge in [0, 0.05) is 25.7 Å². The molecule has 13 heteroatoms. The van der Waals surface area contributed by atoms with E-state index in [0.717, 1.165) is 12.8 Å². The third-order valence-corrected chi connectivity index (χ3v) is 10.8. The third-order valence-electron chi connectivity index (χ3n) is 10.8. The number of nitrogens with one attached hydrogen (secondary N) is 3. The lowest BCUT2D eigenvalue weighted by Gasteiger charge is -2.39. The van der Waals surface area contributed by atoms with Crippen molar-refractivity contribution in [1.29, 1.82) is 0 Å². The average Bonchev–Trinajstić information content (AvgIpc) is 3.82. The molecule has 4 rings (SSSR count). The second-order valence-electron chi connectivity index (χ2n) is 16.9. The minimum atomic E-state index is -1.11. The molecule has 1 aromatic carbocycles. The first-order valence-corrected chi connectivity index (χ1v) is 17.1. The van der Waals surface area contributed by atoms with Gasteiger partial charge in [-0.3, -0.25) is 28.8 Å². The molecule has 3 fully saturated rings. The Balaban J connectivity index is 1.52. The van der Waals surface area contributed by atoms with E-state index >= 15 is 0 Å². The Morgan fingerprint density at radius 1 is 0.958 bits per heavy atom. The van der Waals surface area contributed by atoms with Crippen LogP contribution in [0.5, 0.6) is 0 Å². The number of amides is 5. The molecule has 0 radical (unpaired) electrons. The molecule has 2 saturated carbocycles. The summed E-state index contributed by atoms with van der Waals surface area (Å²) in [5, 5.41) is 8.64. The number of nitrogens with zero attached hydrogens (tertiary/aromatic N) is 2. The van der Waals surface area contributed by atoms with Gasteiger partial charge in [0.25, 0.3) is 5.91 Å². The maximum atomic E-state index is 14.3. The van der Waals surface area contributed by atoms with Gasteiger partial charge in [-0.2, -0.15) is 0 Å². The summed E-state index contributed by atoms with van der Waals surface area (Å²) in [6.45, 7) is 17.8. The van der Waals surface area contributed by atoms with Crippen LogP contribution in [0.15, 0.2) is 9.59 Å². The van der Waals surface area contributed by atoms with Gasteiger partial charge in [-0.1, -0.05) is 75.2 Å². The zero-order valence-electron chi connectivity index (χ0n) is 30.1. The lowest BCUT2D eigenvalue weighted by Crippen LogP contribution is -2.62. The molecule has 2 aliphatic carbocycles. The largest absolute Gasteiger partial charge is 0.369 e. The molecule has 5 amide bonds. The Hall–Kier alpha value is -3.77. The Morgan fingerprint density at radius 3 is 2.06 bits per heavy atom. The fraction of sp³-hybridized carbons (Fsp3) is 0.743.